The van der Waals surface area contributed by atoms with Gasteiger partial charge < -0.3 is 5.32 Å². The van der Waals surface area contributed by atoms with Crippen molar-refractivity contribution in [3.63, 3.8) is 0 Å². The van der Waals surface area contributed by atoms with Crippen LogP contribution in [-0.2, 0) is 0 Å². The highest BCUT2D eigenvalue weighted by atomic mass is 35.5. The first kappa shape index (κ1) is 7.53. The molecule has 1 aromatic heterocycles. The number of aromatic nitrogens is 1. The molecule has 11 heavy (non-hydrogen) atoms. The summed E-state index contributed by atoms with van der Waals surface area (Å²) in [6.07, 6.45) is 4.17. The molecule has 2 nitrogen and oxygen atoms in total. The highest BCUT2D eigenvalue weighted by Crippen LogP contribution is 2.28. The molecule has 2 rings (SSSR count). The molecule has 1 saturated heterocycles. The van der Waals surface area contributed by atoms with Crippen LogP contribution in [0.15, 0.2) is 6.20 Å². The average Bonchev–Trinajstić information content (AvgIpc) is 2.55. The van der Waals surface area contributed by atoms with Crippen LogP contribution in [0.1, 0.15) is 23.9 Å². The minimum atomic E-state index is 0.465. The fraction of sp³-hybridized carbons (Fsp3) is 0.571. The molecule has 1 aromatic rings. The van der Waals surface area contributed by atoms with Gasteiger partial charge in [-0.15, -0.1) is 11.3 Å². The first-order valence-electron chi connectivity index (χ1n) is 3.71. The number of nitrogens with zero attached hydrogens (tertiary/aromatic N) is 1. The van der Waals surface area contributed by atoms with Gasteiger partial charge in [-0.2, -0.15) is 0 Å². The molecule has 4 heteroatoms. The number of rotatable bonds is 1. The second-order valence-corrected chi connectivity index (χ2v) is 4.35. The van der Waals surface area contributed by atoms with Crippen molar-refractivity contribution in [2.75, 3.05) is 6.54 Å². The maximum absolute atomic E-state index is 5.77. The SMILES string of the molecule is Clc1cnc(C2CCCN2)s1. The first-order valence-corrected chi connectivity index (χ1v) is 4.90. The lowest BCUT2D eigenvalue weighted by molar-refractivity contribution is 0.643. The molecule has 0 aliphatic carbocycles. The molecule has 1 unspecified atom stereocenters. The third kappa shape index (κ3) is 1.55. The van der Waals surface area contributed by atoms with Gasteiger partial charge in [0.2, 0.25) is 0 Å². The van der Waals surface area contributed by atoms with Crippen molar-refractivity contribution in [2.45, 2.75) is 18.9 Å². The maximum Gasteiger partial charge on any atom is 0.113 e. The van der Waals surface area contributed by atoms with Gasteiger partial charge in [-0.3, -0.25) is 0 Å². The van der Waals surface area contributed by atoms with Crippen molar-refractivity contribution >= 4 is 22.9 Å². The Balaban J connectivity index is 2.15. The normalized spacial score (nSPS) is 24.3. The summed E-state index contributed by atoms with van der Waals surface area (Å²) in [7, 11) is 0. The molecule has 0 saturated carbocycles. The van der Waals surface area contributed by atoms with E-state index >= 15 is 0 Å². The molecule has 1 aliphatic heterocycles. The van der Waals surface area contributed by atoms with Gasteiger partial charge in [-0.05, 0) is 19.4 Å². The quantitative estimate of drug-likeness (QED) is 0.731. The third-order valence-electron chi connectivity index (χ3n) is 1.85. The number of hydrogen-bond donors (Lipinski definition) is 1. The van der Waals surface area contributed by atoms with Crippen molar-refractivity contribution in [1.82, 2.24) is 10.3 Å². The minimum absolute atomic E-state index is 0.465. The molecule has 0 spiro atoms. The molecule has 1 aliphatic rings. The molecule has 2 heterocycles. The Kier molecular flexibility index (Phi) is 2.11. The molecular weight excluding hydrogens is 180 g/mol. The Bertz CT molecular complexity index is 242. The monoisotopic (exact) mass is 188 g/mol. The van der Waals surface area contributed by atoms with Crippen molar-refractivity contribution < 1.29 is 0 Å². The van der Waals surface area contributed by atoms with E-state index in [0.29, 0.717) is 6.04 Å². The molecular formula is C7H9ClN2S. The molecule has 1 atom stereocenters. The minimum Gasteiger partial charge on any atom is -0.308 e. The van der Waals surface area contributed by atoms with Gasteiger partial charge in [0.1, 0.15) is 9.34 Å². The summed E-state index contributed by atoms with van der Waals surface area (Å²) < 4.78 is 0.786. The zero-order valence-corrected chi connectivity index (χ0v) is 7.58. The summed E-state index contributed by atoms with van der Waals surface area (Å²) >= 11 is 7.34. The van der Waals surface area contributed by atoms with Gasteiger partial charge in [-0.25, -0.2) is 4.98 Å². The molecule has 60 valence electrons. The van der Waals surface area contributed by atoms with Gasteiger partial charge in [0.15, 0.2) is 0 Å². The van der Waals surface area contributed by atoms with Gasteiger partial charge in [0.25, 0.3) is 0 Å². The van der Waals surface area contributed by atoms with Crippen LogP contribution in [0.5, 0.6) is 0 Å². The van der Waals surface area contributed by atoms with E-state index in [1.807, 2.05) is 0 Å². The Morgan fingerprint density at radius 1 is 1.73 bits per heavy atom. The summed E-state index contributed by atoms with van der Waals surface area (Å²) in [5.74, 6) is 0. The fourth-order valence-corrected chi connectivity index (χ4v) is 2.36. The number of nitrogens with one attached hydrogen (secondary N) is 1. The van der Waals surface area contributed by atoms with Crippen LogP contribution in [0.3, 0.4) is 0 Å². The first-order chi connectivity index (χ1) is 5.36. The number of halogens is 1. The highest BCUT2D eigenvalue weighted by molar-refractivity contribution is 7.15. The summed E-state index contributed by atoms with van der Waals surface area (Å²) in [5, 5.41) is 4.51. The molecule has 1 N–H and O–H groups in total. The van der Waals surface area contributed by atoms with Crippen molar-refractivity contribution in [1.29, 1.82) is 0 Å². The van der Waals surface area contributed by atoms with E-state index in [0.717, 1.165) is 15.9 Å². The second-order valence-electron chi connectivity index (χ2n) is 2.65. The van der Waals surface area contributed by atoms with E-state index in [1.165, 1.54) is 12.8 Å². The van der Waals surface area contributed by atoms with Gasteiger partial charge >= 0.3 is 0 Å². The molecule has 1 fully saturated rings. The number of hydrogen-bond acceptors (Lipinski definition) is 3. The van der Waals surface area contributed by atoms with Crippen LogP contribution in [0.4, 0.5) is 0 Å². The molecule has 0 radical (unpaired) electrons. The van der Waals surface area contributed by atoms with Crippen LogP contribution < -0.4 is 5.32 Å². The van der Waals surface area contributed by atoms with Crippen molar-refractivity contribution in [3.8, 4) is 0 Å². The lowest BCUT2D eigenvalue weighted by atomic mass is 10.2. The van der Waals surface area contributed by atoms with Crippen LogP contribution >= 0.6 is 22.9 Å². The zero-order chi connectivity index (χ0) is 7.68. The Labute approximate surface area is 74.6 Å². The second kappa shape index (κ2) is 3.09. The van der Waals surface area contributed by atoms with Crippen LogP contribution in [0, 0.1) is 0 Å². The van der Waals surface area contributed by atoms with E-state index in [-0.39, 0.29) is 0 Å². The summed E-state index contributed by atoms with van der Waals surface area (Å²) in [6, 6.07) is 0.465. The van der Waals surface area contributed by atoms with E-state index in [4.69, 9.17) is 11.6 Å². The molecule has 0 aromatic carbocycles. The summed E-state index contributed by atoms with van der Waals surface area (Å²) in [5.41, 5.74) is 0. The van der Waals surface area contributed by atoms with Crippen molar-refractivity contribution in [2.24, 2.45) is 0 Å². The van der Waals surface area contributed by atoms with Crippen molar-refractivity contribution in [3.05, 3.63) is 15.5 Å². The standard InChI is InChI=1S/C7H9ClN2S/c8-6-4-10-7(11-6)5-2-1-3-9-5/h4-5,9H,1-3H2. The summed E-state index contributed by atoms with van der Waals surface area (Å²) in [4.78, 5) is 4.22. The van der Waals surface area contributed by atoms with E-state index in [2.05, 4.69) is 10.3 Å². The van der Waals surface area contributed by atoms with Crippen LogP contribution in [-0.4, -0.2) is 11.5 Å². The van der Waals surface area contributed by atoms with Crippen LogP contribution in [0.25, 0.3) is 0 Å². The van der Waals surface area contributed by atoms with E-state index in [1.54, 1.807) is 17.5 Å². The Hall–Kier alpha value is -0.120. The summed E-state index contributed by atoms with van der Waals surface area (Å²) in [6.45, 7) is 1.11. The third-order valence-corrected chi connectivity index (χ3v) is 3.08. The average molecular weight is 189 g/mol. The van der Waals surface area contributed by atoms with E-state index < -0.39 is 0 Å². The lowest BCUT2D eigenvalue weighted by Crippen LogP contribution is -2.12. The maximum atomic E-state index is 5.77. The molecule has 0 amide bonds. The number of thiazole rings is 1. The fourth-order valence-electron chi connectivity index (χ4n) is 1.32. The predicted octanol–water partition coefficient (Wildman–Crippen LogP) is 2.22. The smallest absolute Gasteiger partial charge is 0.113 e. The Morgan fingerprint density at radius 3 is 3.18 bits per heavy atom. The Morgan fingerprint density at radius 2 is 2.64 bits per heavy atom. The predicted molar refractivity (Wildman–Crippen MR) is 47.1 cm³/mol. The zero-order valence-electron chi connectivity index (χ0n) is 6.01. The largest absolute Gasteiger partial charge is 0.308 e. The van der Waals surface area contributed by atoms with Crippen LogP contribution in [0.2, 0.25) is 4.34 Å². The topological polar surface area (TPSA) is 24.9 Å². The highest BCUT2D eigenvalue weighted by Gasteiger charge is 2.18. The molecule has 0 bridgehead atoms. The van der Waals surface area contributed by atoms with Gasteiger partial charge in [0.05, 0.1) is 12.2 Å². The van der Waals surface area contributed by atoms with Gasteiger partial charge in [0, 0.05) is 0 Å². The lowest BCUT2D eigenvalue weighted by Gasteiger charge is -2.03. The van der Waals surface area contributed by atoms with E-state index in [9.17, 15) is 0 Å². The van der Waals surface area contributed by atoms with Gasteiger partial charge in [-0.1, -0.05) is 11.6 Å².